The van der Waals surface area contributed by atoms with E-state index < -0.39 is 0 Å². The third-order valence-electron chi connectivity index (χ3n) is 4.69. The van der Waals surface area contributed by atoms with Crippen LogP contribution < -0.4 is 4.74 Å². The molecule has 0 atom stereocenters. The molecular weight excluding hydrogens is 316 g/mol. The second-order valence-corrected chi connectivity index (χ2v) is 6.42. The highest BCUT2D eigenvalue weighted by atomic mass is 16.5. The number of aliphatic imine (C=N–C) groups is 1. The van der Waals surface area contributed by atoms with Crippen LogP contribution in [-0.2, 0) is 0 Å². The summed E-state index contributed by atoms with van der Waals surface area (Å²) in [5.74, 6) is 0.803. The lowest BCUT2D eigenvalue weighted by molar-refractivity contribution is 0.386. The molecule has 0 radical (unpaired) electrons. The fraction of sp³-hybridized carbons (Fsp3) is 0.316. The highest BCUT2D eigenvalue weighted by Crippen LogP contribution is 2.37. The van der Waals surface area contributed by atoms with Gasteiger partial charge in [0.1, 0.15) is 11.3 Å². The van der Waals surface area contributed by atoms with Crippen molar-refractivity contribution in [3.05, 3.63) is 34.7 Å². The Kier molecular flexibility index (Phi) is 3.49. The quantitative estimate of drug-likeness (QED) is 0.781. The van der Waals surface area contributed by atoms with Gasteiger partial charge in [0.25, 0.3) is 6.01 Å². The van der Waals surface area contributed by atoms with E-state index in [1.54, 1.807) is 7.11 Å². The Hall–Kier alpha value is -2.89. The Labute approximate surface area is 145 Å². The van der Waals surface area contributed by atoms with E-state index in [1.807, 2.05) is 20.8 Å². The summed E-state index contributed by atoms with van der Waals surface area (Å²) in [5.41, 5.74) is 9.25. The van der Waals surface area contributed by atoms with Gasteiger partial charge in [0.05, 0.1) is 24.9 Å². The molecule has 1 aliphatic heterocycles. The van der Waals surface area contributed by atoms with Crippen LogP contribution in [0.3, 0.4) is 0 Å². The molecule has 3 heterocycles. The van der Waals surface area contributed by atoms with Gasteiger partial charge < -0.3 is 14.2 Å². The maximum atomic E-state index is 5.36. The molecule has 1 N–H and O–H groups in total. The maximum Gasteiger partial charge on any atom is 0.294 e. The second-order valence-electron chi connectivity index (χ2n) is 6.42. The summed E-state index contributed by atoms with van der Waals surface area (Å²) in [6, 6.07) is 4.72. The zero-order valence-corrected chi connectivity index (χ0v) is 15.0. The number of aromatic nitrogens is 3. The number of H-pyrrole nitrogens is 1. The van der Waals surface area contributed by atoms with Crippen LogP contribution in [0.1, 0.15) is 30.9 Å². The van der Waals surface area contributed by atoms with Gasteiger partial charge in [0, 0.05) is 22.4 Å². The van der Waals surface area contributed by atoms with Crippen molar-refractivity contribution in [1.29, 1.82) is 0 Å². The molecule has 1 aromatic carbocycles. The normalized spacial score (nSPS) is 14.5. The standard InChI is InChI=1S/C19H20N4O2/c1-9-8-20-10(2)16(9)14-6-13(17-11(3)23-25-12(17)4)7-15-18(14)22-19(21-15)24-5/h6-7H,8H2,1-5H3,(H,21,22). The van der Waals surface area contributed by atoms with Crippen LogP contribution in [0.15, 0.2) is 27.2 Å². The molecule has 25 heavy (non-hydrogen) atoms. The number of methoxy groups -OCH3 is 1. The summed E-state index contributed by atoms with van der Waals surface area (Å²) in [6.45, 7) is 8.78. The monoisotopic (exact) mass is 336 g/mol. The predicted molar refractivity (Wildman–Crippen MR) is 98.2 cm³/mol. The highest BCUT2D eigenvalue weighted by molar-refractivity contribution is 6.27. The summed E-state index contributed by atoms with van der Waals surface area (Å²) in [7, 11) is 1.61. The first-order valence-corrected chi connectivity index (χ1v) is 8.22. The van der Waals surface area contributed by atoms with Gasteiger partial charge in [-0.05, 0) is 51.0 Å². The van der Waals surface area contributed by atoms with Crippen molar-refractivity contribution < 1.29 is 9.26 Å². The van der Waals surface area contributed by atoms with Crippen molar-refractivity contribution in [3.8, 4) is 17.1 Å². The van der Waals surface area contributed by atoms with E-state index in [0.29, 0.717) is 6.01 Å². The van der Waals surface area contributed by atoms with Gasteiger partial charge in [0.15, 0.2) is 0 Å². The van der Waals surface area contributed by atoms with Crippen molar-refractivity contribution in [2.75, 3.05) is 13.7 Å². The lowest BCUT2D eigenvalue weighted by Crippen LogP contribution is -1.97. The first-order chi connectivity index (χ1) is 12.0. The van der Waals surface area contributed by atoms with E-state index in [9.17, 15) is 0 Å². The number of benzene rings is 1. The van der Waals surface area contributed by atoms with Crippen molar-refractivity contribution in [2.24, 2.45) is 4.99 Å². The largest absolute Gasteiger partial charge is 0.468 e. The molecule has 0 bridgehead atoms. The van der Waals surface area contributed by atoms with Gasteiger partial charge in [-0.1, -0.05) is 5.16 Å². The average molecular weight is 336 g/mol. The molecule has 6 nitrogen and oxygen atoms in total. The molecule has 0 amide bonds. The molecule has 3 aromatic rings. The fourth-order valence-corrected chi connectivity index (χ4v) is 3.55. The van der Waals surface area contributed by atoms with Crippen LogP contribution >= 0.6 is 0 Å². The minimum Gasteiger partial charge on any atom is -0.468 e. The topological polar surface area (TPSA) is 76.3 Å². The minimum atomic E-state index is 0.498. The Morgan fingerprint density at radius 2 is 1.96 bits per heavy atom. The summed E-state index contributed by atoms with van der Waals surface area (Å²) in [4.78, 5) is 12.4. The number of aromatic amines is 1. The minimum absolute atomic E-state index is 0.498. The Bertz CT molecular complexity index is 1030. The number of fused-ring (bicyclic) bond motifs is 1. The van der Waals surface area contributed by atoms with Crippen molar-refractivity contribution in [1.82, 2.24) is 15.1 Å². The van der Waals surface area contributed by atoms with Gasteiger partial charge in [-0.15, -0.1) is 0 Å². The molecular formula is C19H20N4O2. The molecule has 128 valence electrons. The second kappa shape index (κ2) is 5.58. The molecule has 2 aromatic heterocycles. The summed E-state index contributed by atoms with van der Waals surface area (Å²) >= 11 is 0. The molecule has 0 spiro atoms. The number of rotatable bonds is 3. The van der Waals surface area contributed by atoms with E-state index in [0.717, 1.165) is 57.0 Å². The first kappa shape index (κ1) is 15.6. The number of hydrogen-bond acceptors (Lipinski definition) is 5. The van der Waals surface area contributed by atoms with Crippen LogP contribution in [0.2, 0.25) is 0 Å². The Balaban J connectivity index is 2.05. The lowest BCUT2D eigenvalue weighted by Gasteiger charge is -2.10. The van der Waals surface area contributed by atoms with Crippen LogP contribution in [0.25, 0.3) is 27.7 Å². The highest BCUT2D eigenvalue weighted by Gasteiger charge is 2.22. The third-order valence-corrected chi connectivity index (χ3v) is 4.69. The molecule has 0 saturated heterocycles. The molecule has 4 rings (SSSR count). The molecule has 0 saturated carbocycles. The molecule has 1 aliphatic rings. The smallest absolute Gasteiger partial charge is 0.294 e. The zero-order chi connectivity index (χ0) is 17.7. The van der Waals surface area contributed by atoms with Gasteiger partial charge in [-0.25, -0.2) is 0 Å². The van der Waals surface area contributed by atoms with Crippen molar-refractivity contribution >= 4 is 22.3 Å². The summed E-state index contributed by atoms with van der Waals surface area (Å²) < 4.78 is 10.7. The zero-order valence-electron chi connectivity index (χ0n) is 15.0. The number of ether oxygens (including phenoxy) is 1. The SMILES string of the molecule is COc1nc2c(C3=C(C)CN=C3C)cc(-c3c(C)noc3C)cc2[nH]1. The Morgan fingerprint density at radius 3 is 2.56 bits per heavy atom. The first-order valence-electron chi connectivity index (χ1n) is 8.22. The van der Waals surface area contributed by atoms with E-state index in [1.165, 1.54) is 5.57 Å². The van der Waals surface area contributed by atoms with E-state index in [-0.39, 0.29) is 0 Å². The molecule has 6 heteroatoms. The van der Waals surface area contributed by atoms with Gasteiger partial charge >= 0.3 is 0 Å². The van der Waals surface area contributed by atoms with Crippen LogP contribution in [0.4, 0.5) is 0 Å². The average Bonchev–Trinajstić information content (AvgIpc) is 3.24. The number of imidazole rings is 1. The van der Waals surface area contributed by atoms with Gasteiger partial charge in [-0.2, -0.15) is 4.98 Å². The molecule has 0 fully saturated rings. The van der Waals surface area contributed by atoms with Crippen molar-refractivity contribution in [2.45, 2.75) is 27.7 Å². The number of nitrogens with zero attached hydrogens (tertiary/aromatic N) is 3. The van der Waals surface area contributed by atoms with Crippen molar-refractivity contribution in [3.63, 3.8) is 0 Å². The van der Waals surface area contributed by atoms with Crippen LogP contribution in [0, 0.1) is 13.8 Å². The van der Waals surface area contributed by atoms with Crippen LogP contribution in [0.5, 0.6) is 6.01 Å². The van der Waals surface area contributed by atoms with E-state index in [2.05, 4.69) is 39.2 Å². The summed E-state index contributed by atoms with van der Waals surface area (Å²) in [5, 5.41) is 4.09. The van der Waals surface area contributed by atoms with E-state index >= 15 is 0 Å². The van der Waals surface area contributed by atoms with Gasteiger partial charge in [-0.3, -0.25) is 4.99 Å². The van der Waals surface area contributed by atoms with Crippen LogP contribution in [-0.4, -0.2) is 34.5 Å². The van der Waals surface area contributed by atoms with E-state index in [4.69, 9.17) is 9.26 Å². The summed E-state index contributed by atoms with van der Waals surface area (Å²) in [6.07, 6.45) is 0. The number of hydrogen-bond donors (Lipinski definition) is 1. The Morgan fingerprint density at radius 1 is 1.16 bits per heavy atom. The third kappa shape index (κ3) is 2.36. The number of allylic oxidation sites excluding steroid dienone is 1. The lowest BCUT2D eigenvalue weighted by atomic mass is 9.93. The maximum absolute atomic E-state index is 5.36. The van der Waals surface area contributed by atoms with Gasteiger partial charge in [0.2, 0.25) is 0 Å². The molecule has 0 aliphatic carbocycles. The number of aryl methyl sites for hydroxylation is 2. The fourth-order valence-electron chi connectivity index (χ4n) is 3.55. The predicted octanol–water partition coefficient (Wildman–Crippen LogP) is 4.09. The number of nitrogens with one attached hydrogen (secondary N) is 1. The molecule has 0 unspecified atom stereocenters.